The number of halogens is 3. The molecular formula is C33H33ClF2N10O. The number of anilines is 1. The zero-order chi connectivity index (χ0) is 31.4. The van der Waals surface area contributed by atoms with Gasteiger partial charge in [-0.15, -0.1) is 0 Å². The summed E-state index contributed by atoms with van der Waals surface area (Å²) in [5.41, 5.74) is 2.97. The van der Waals surface area contributed by atoms with Crippen LogP contribution in [0.25, 0.3) is 33.1 Å². The molecule has 11 nitrogen and oxygen atoms in total. The highest BCUT2D eigenvalue weighted by Gasteiger charge is 2.49. The number of benzene rings is 1. The summed E-state index contributed by atoms with van der Waals surface area (Å²) in [6.07, 6.45) is 9.43. The van der Waals surface area contributed by atoms with E-state index in [4.69, 9.17) is 36.4 Å². The number of hydrogen-bond donors (Lipinski definition) is 1. The Morgan fingerprint density at radius 2 is 2.00 bits per heavy atom. The monoisotopic (exact) mass is 658 g/mol. The van der Waals surface area contributed by atoms with Crippen LogP contribution in [0.15, 0.2) is 24.7 Å². The van der Waals surface area contributed by atoms with E-state index in [-0.39, 0.29) is 47.1 Å². The number of piperidine rings is 1. The van der Waals surface area contributed by atoms with Crippen LogP contribution in [-0.2, 0) is 6.54 Å². The van der Waals surface area contributed by atoms with Gasteiger partial charge in [-0.25, -0.2) is 8.78 Å². The maximum absolute atomic E-state index is 17.2. The number of alkyl halides is 1. The van der Waals surface area contributed by atoms with E-state index in [0.717, 1.165) is 61.8 Å². The molecule has 8 bridgehead atoms. The molecule has 0 spiro atoms. The van der Waals surface area contributed by atoms with Gasteiger partial charge in [0, 0.05) is 54.1 Å². The lowest BCUT2D eigenvalue weighted by molar-refractivity contribution is 0.107. The second-order valence-corrected chi connectivity index (χ2v) is 14.5. The predicted octanol–water partition coefficient (Wildman–Crippen LogP) is 5.41. The Labute approximate surface area is 273 Å². The fourth-order valence-corrected chi connectivity index (χ4v) is 9.23. The van der Waals surface area contributed by atoms with Crippen molar-refractivity contribution in [3.63, 3.8) is 0 Å². The average Bonchev–Trinajstić information content (AvgIpc) is 3.40. The minimum Gasteiger partial charge on any atom is -0.461 e. The second-order valence-electron chi connectivity index (χ2n) is 14.1. The third kappa shape index (κ3) is 4.38. The van der Waals surface area contributed by atoms with Crippen molar-refractivity contribution in [2.24, 2.45) is 5.92 Å². The van der Waals surface area contributed by atoms with Crippen LogP contribution in [0.2, 0.25) is 5.02 Å². The van der Waals surface area contributed by atoms with Crippen molar-refractivity contribution in [1.29, 1.82) is 0 Å². The van der Waals surface area contributed by atoms with Gasteiger partial charge in [0.2, 0.25) is 0 Å². The first kappa shape index (κ1) is 28.1. The Morgan fingerprint density at radius 3 is 2.94 bits per heavy atom. The van der Waals surface area contributed by atoms with Crippen LogP contribution >= 0.6 is 11.6 Å². The van der Waals surface area contributed by atoms with E-state index < -0.39 is 12.0 Å². The molecule has 11 rings (SSSR count). The van der Waals surface area contributed by atoms with Crippen LogP contribution in [0, 0.1) is 11.7 Å². The van der Waals surface area contributed by atoms with Crippen molar-refractivity contribution < 1.29 is 13.5 Å². The maximum atomic E-state index is 17.2. The second kappa shape index (κ2) is 10.3. The number of aromatic nitrogens is 8. The Hall–Kier alpha value is -3.97. The van der Waals surface area contributed by atoms with Gasteiger partial charge in [-0.05, 0) is 62.1 Å². The van der Waals surface area contributed by atoms with E-state index in [9.17, 15) is 4.39 Å². The van der Waals surface area contributed by atoms with Gasteiger partial charge in [-0.2, -0.15) is 30.1 Å². The smallest absolute Gasteiger partial charge is 0.319 e. The number of nitrogens with one attached hydrogen (secondary N) is 1. The third-order valence-corrected chi connectivity index (χ3v) is 11.5. The Bertz CT molecular complexity index is 2070. The number of pyridine rings is 1. The Balaban J connectivity index is 1.17. The number of rotatable bonds is 3. The van der Waals surface area contributed by atoms with Crippen molar-refractivity contribution >= 4 is 39.2 Å². The highest BCUT2D eigenvalue weighted by molar-refractivity contribution is 6.33. The lowest BCUT2D eigenvalue weighted by Gasteiger charge is -2.34. The quantitative estimate of drug-likeness (QED) is 0.272. The van der Waals surface area contributed by atoms with Crippen LogP contribution in [0.1, 0.15) is 61.6 Å². The normalized spacial score (nSPS) is 28.3. The van der Waals surface area contributed by atoms with Crippen molar-refractivity contribution in [2.75, 3.05) is 37.7 Å². The van der Waals surface area contributed by atoms with Crippen LogP contribution < -0.4 is 9.64 Å². The van der Waals surface area contributed by atoms with Crippen molar-refractivity contribution in [1.82, 2.24) is 45.0 Å². The minimum atomic E-state index is -0.881. The van der Waals surface area contributed by atoms with Crippen molar-refractivity contribution in [3.05, 3.63) is 46.8 Å². The molecule has 5 aromatic rings. The molecule has 0 unspecified atom stereocenters. The van der Waals surface area contributed by atoms with Gasteiger partial charge >= 0.3 is 6.01 Å². The topological polar surface area (TPSA) is 114 Å². The molecule has 4 fully saturated rings. The number of ether oxygens (including phenoxy) is 1. The first-order valence-electron chi connectivity index (χ1n) is 16.6. The predicted molar refractivity (Wildman–Crippen MR) is 171 cm³/mol. The maximum Gasteiger partial charge on any atom is 0.319 e. The van der Waals surface area contributed by atoms with Gasteiger partial charge in [0.1, 0.15) is 29.8 Å². The molecule has 5 aliphatic heterocycles. The number of aromatic amines is 1. The van der Waals surface area contributed by atoms with Gasteiger partial charge in [0.05, 0.1) is 41.1 Å². The number of nitrogens with zero attached hydrogens (tertiary/aromatic N) is 9. The summed E-state index contributed by atoms with van der Waals surface area (Å²) in [5, 5.41) is 18.6. The largest absolute Gasteiger partial charge is 0.461 e. The van der Waals surface area contributed by atoms with Crippen molar-refractivity contribution in [3.8, 4) is 17.3 Å². The number of fused-ring (bicyclic) bond motifs is 3. The Morgan fingerprint density at radius 1 is 1.06 bits per heavy atom. The highest BCUT2D eigenvalue weighted by atomic mass is 35.5. The molecule has 0 amide bonds. The van der Waals surface area contributed by atoms with Crippen molar-refractivity contribution in [2.45, 2.75) is 68.6 Å². The molecule has 6 aliphatic rings. The first-order chi connectivity index (χ1) is 22.9. The van der Waals surface area contributed by atoms with Gasteiger partial charge in [-0.3, -0.25) is 15.0 Å². The lowest BCUT2D eigenvalue weighted by atomic mass is 9.94. The molecule has 1 aromatic carbocycles. The van der Waals surface area contributed by atoms with Crippen LogP contribution in [-0.4, -0.2) is 89.5 Å². The molecule has 242 valence electrons. The summed E-state index contributed by atoms with van der Waals surface area (Å²) in [5.74, 6) is 0.444. The zero-order valence-electron chi connectivity index (χ0n) is 25.7. The number of hydrogen-bond acceptors (Lipinski definition) is 9. The van der Waals surface area contributed by atoms with Gasteiger partial charge in [-0.1, -0.05) is 11.6 Å². The van der Waals surface area contributed by atoms with E-state index in [1.165, 1.54) is 0 Å². The molecular weight excluding hydrogens is 626 g/mol. The number of H-pyrrole nitrogens is 1. The van der Waals surface area contributed by atoms with E-state index in [2.05, 4.69) is 25.1 Å². The van der Waals surface area contributed by atoms with Gasteiger partial charge in [0.15, 0.2) is 5.82 Å². The van der Waals surface area contributed by atoms with E-state index in [0.29, 0.717) is 53.4 Å². The van der Waals surface area contributed by atoms with E-state index in [1.54, 1.807) is 12.4 Å². The summed E-state index contributed by atoms with van der Waals surface area (Å²) in [6.45, 7) is 3.66. The minimum absolute atomic E-state index is 0.0242. The fourth-order valence-electron chi connectivity index (χ4n) is 8.89. The lowest BCUT2D eigenvalue weighted by Crippen LogP contribution is -2.43. The van der Waals surface area contributed by atoms with Crippen LogP contribution in [0.3, 0.4) is 0 Å². The molecule has 0 radical (unpaired) electrons. The SMILES string of the molecule is Fc1c2ncc3c(nc(OC[C@@]45CCCN4C[C@H](F)C5)nc13)N1CCC[C@H](C1)Cn1ncc(n1)[C@@H]1C[C@@H]1c1c(Cl)cc3[nH]ncc3c1-2. The molecule has 1 aliphatic carbocycles. The molecule has 14 heteroatoms. The van der Waals surface area contributed by atoms with Gasteiger partial charge in [0.25, 0.3) is 0 Å². The summed E-state index contributed by atoms with van der Waals surface area (Å²) in [6, 6.07) is 1.94. The summed E-state index contributed by atoms with van der Waals surface area (Å²) in [4.78, 5) is 20.6. The third-order valence-electron chi connectivity index (χ3n) is 11.2. The molecule has 3 saturated heterocycles. The Kier molecular flexibility index (Phi) is 6.13. The average molecular weight is 659 g/mol. The molecule has 47 heavy (non-hydrogen) atoms. The molecule has 1 N–H and O–H groups in total. The molecule has 5 atom stereocenters. The summed E-state index contributed by atoms with van der Waals surface area (Å²) < 4.78 is 38.1. The van der Waals surface area contributed by atoms with Crippen LogP contribution in [0.5, 0.6) is 6.01 Å². The summed E-state index contributed by atoms with van der Waals surface area (Å²) >= 11 is 6.99. The van der Waals surface area contributed by atoms with Gasteiger partial charge < -0.3 is 9.64 Å². The zero-order valence-corrected chi connectivity index (χ0v) is 26.4. The molecule has 1 saturated carbocycles. The first-order valence-corrected chi connectivity index (χ1v) is 17.0. The van der Waals surface area contributed by atoms with Crippen LogP contribution in [0.4, 0.5) is 14.6 Å². The molecule has 4 aromatic heterocycles. The van der Waals surface area contributed by atoms with E-state index in [1.807, 2.05) is 17.1 Å². The molecule has 9 heterocycles. The standard InChI is InChI=1S/C33H33ClF2N10O/c34-23-8-24-21(11-38-42-24)27-26(23)20-7-19(20)25-12-39-46(43-25)14-17-3-1-5-44(13-17)31-22-10-37-30(27)28(36)29(22)40-32(41-31)47-16-33-4-2-6-45(33)15-18(35)9-33/h8,10-12,17-20H,1-7,9,13-16H2,(H,38,42)/t17-,18-,19-,20+,33+/m1/s1. The fraction of sp³-hybridized carbons (Fsp3) is 0.515. The summed E-state index contributed by atoms with van der Waals surface area (Å²) in [7, 11) is 0. The highest BCUT2D eigenvalue weighted by Crippen LogP contribution is 2.59. The van der Waals surface area contributed by atoms with E-state index >= 15 is 4.39 Å².